The summed E-state index contributed by atoms with van der Waals surface area (Å²) in [5, 5.41) is 3.04. The number of carbonyl (C=O) groups is 2. The fourth-order valence-corrected chi connectivity index (χ4v) is 4.59. The number of hydrogen-bond acceptors (Lipinski definition) is 4. The number of amides is 2. The van der Waals surface area contributed by atoms with Crippen molar-refractivity contribution in [1.82, 2.24) is 10.2 Å². The van der Waals surface area contributed by atoms with E-state index in [1.807, 2.05) is 31.7 Å². The molecule has 2 bridgehead atoms. The Morgan fingerprint density at radius 1 is 1.33 bits per heavy atom. The summed E-state index contributed by atoms with van der Waals surface area (Å²) in [6.45, 7) is 8.24. The Morgan fingerprint density at radius 3 is 2.71 bits per heavy atom. The molecule has 2 amide bonds. The minimum Gasteiger partial charge on any atom is -0.444 e. The zero-order chi connectivity index (χ0) is 17.5. The number of nitrogens with one attached hydrogen (secondary N) is 1. The van der Waals surface area contributed by atoms with Crippen LogP contribution < -0.4 is 5.32 Å². The van der Waals surface area contributed by atoms with Gasteiger partial charge in [0, 0.05) is 21.8 Å². The molecule has 5 nitrogen and oxygen atoms in total. The topological polar surface area (TPSA) is 58.6 Å². The van der Waals surface area contributed by atoms with E-state index in [0.29, 0.717) is 6.54 Å². The molecule has 132 valence electrons. The molecule has 2 aliphatic heterocycles. The van der Waals surface area contributed by atoms with Gasteiger partial charge in [0.05, 0.1) is 12.5 Å². The molecule has 3 atom stereocenters. The third-order valence-electron chi connectivity index (χ3n) is 4.71. The van der Waals surface area contributed by atoms with Crippen molar-refractivity contribution < 1.29 is 14.3 Å². The molecule has 0 aromatic carbocycles. The number of ether oxygens (including phenoxy) is 1. The van der Waals surface area contributed by atoms with Crippen LogP contribution in [0.1, 0.15) is 49.8 Å². The smallest absolute Gasteiger partial charge is 0.410 e. The molecule has 2 fully saturated rings. The number of aryl methyl sites for hydroxylation is 1. The Kier molecular flexibility index (Phi) is 4.60. The third kappa shape index (κ3) is 3.58. The van der Waals surface area contributed by atoms with E-state index in [1.54, 1.807) is 11.3 Å². The van der Waals surface area contributed by atoms with Crippen molar-refractivity contribution in [3.8, 4) is 0 Å². The molecule has 3 rings (SSSR count). The number of carbonyl (C=O) groups excluding carboxylic acids is 2. The summed E-state index contributed by atoms with van der Waals surface area (Å²) in [5.41, 5.74) is -0.506. The Balaban J connectivity index is 1.60. The van der Waals surface area contributed by atoms with Crippen LogP contribution in [-0.2, 0) is 16.1 Å². The summed E-state index contributed by atoms with van der Waals surface area (Å²) in [7, 11) is 0. The Morgan fingerprint density at radius 2 is 2.08 bits per heavy atom. The number of thiophene rings is 1. The lowest BCUT2D eigenvalue weighted by molar-refractivity contribution is -0.126. The van der Waals surface area contributed by atoms with Crippen molar-refractivity contribution in [3.63, 3.8) is 0 Å². The average molecular weight is 350 g/mol. The van der Waals surface area contributed by atoms with Crippen LogP contribution in [0.5, 0.6) is 0 Å². The van der Waals surface area contributed by atoms with Gasteiger partial charge in [-0.2, -0.15) is 0 Å². The largest absolute Gasteiger partial charge is 0.444 e. The number of rotatable bonds is 3. The maximum atomic E-state index is 12.6. The van der Waals surface area contributed by atoms with Crippen molar-refractivity contribution >= 4 is 23.3 Å². The van der Waals surface area contributed by atoms with E-state index in [9.17, 15) is 9.59 Å². The molecule has 3 heterocycles. The highest BCUT2D eigenvalue weighted by molar-refractivity contribution is 7.11. The van der Waals surface area contributed by atoms with E-state index in [4.69, 9.17) is 4.74 Å². The first-order chi connectivity index (χ1) is 11.2. The van der Waals surface area contributed by atoms with Gasteiger partial charge in [-0.25, -0.2) is 4.79 Å². The first kappa shape index (κ1) is 17.3. The van der Waals surface area contributed by atoms with Crippen LogP contribution in [0, 0.1) is 12.8 Å². The predicted molar refractivity (Wildman–Crippen MR) is 93.9 cm³/mol. The SMILES string of the molecule is Cc1ccc(CNC(=O)C2CC3CCC2N3C(=O)OC(C)(C)C)s1. The van der Waals surface area contributed by atoms with Gasteiger partial charge in [-0.05, 0) is 59.1 Å². The van der Waals surface area contributed by atoms with Crippen molar-refractivity contribution in [3.05, 3.63) is 21.9 Å². The lowest BCUT2D eigenvalue weighted by atomic mass is 9.88. The molecule has 2 saturated heterocycles. The molecule has 1 N–H and O–H groups in total. The minimum atomic E-state index is -0.506. The third-order valence-corrected chi connectivity index (χ3v) is 5.71. The van der Waals surface area contributed by atoms with Crippen molar-refractivity contribution in [2.45, 2.75) is 71.2 Å². The minimum absolute atomic E-state index is 0.0186. The van der Waals surface area contributed by atoms with Gasteiger partial charge in [-0.15, -0.1) is 11.3 Å². The lowest BCUT2D eigenvalue weighted by Crippen LogP contribution is -2.43. The van der Waals surface area contributed by atoms with E-state index >= 15 is 0 Å². The van der Waals surface area contributed by atoms with Gasteiger partial charge in [0.1, 0.15) is 5.60 Å². The molecule has 0 aliphatic carbocycles. The maximum absolute atomic E-state index is 12.6. The van der Waals surface area contributed by atoms with E-state index in [0.717, 1.165) is 24.1 Å². The van der Waals surface area contributed by atoms with Crippen LogP contribution in [0.25, 0.3) is 0 Å². The fourth-order valence-electron chi connectivity index (χ4n) is 3.76. The highest BCUT2D eigenvalue weighted by atomic mass is 32.1. The molecule has 0 spiro atoms. The second-order valence-electron chi connectivity index (χ2n) is 7.76. The number of fused-ring (bicyclic) bond motifs is 2. The average Bonchev–Trinajstić information content (AvgIpc) is 3.16. The first-order valence-corrected chi connectivity index (χ1v) is 9.40. The zero-order valence-electron chi connectivity index (χ0n) is 14.8. The summed E-state index contributed by atoms with van der Waals surface area (Å²) in [4.78, 5) is 29.2. The van der Waals surface area contributed by atoms with Gasteiger partial charge in [0.25, 0.3) is 0 Å². The van der Waals surface area contributed by atoms with Crippen LogP contribution in [0.2, 0.25) is 0 Å². The van der Waals surface area contributed by atoms with E-state index < -0.39 is 5.60 Å². The van der Waals surface area contributed by atoms with Crippen LogP contribution in [-0.4, -0.2) is 34.6 Å². The number of nitrogens with zero attached hydrogens (tertiary/aromatic N) is 1. The maximum Gasteiger partial charge on any atom is 0.410 e. The summed E-state index contributed by atoms with van der Waals surface area (Å²) in [6, 6.07) is 4.24. The normalized spacial score (nSPS) is 25.8. The van der Waals surface area contributed by atoms with E-state index in [1.165, 1.54) is 4.88 Å². The van der Waals surface area contributed by atoms with Gasteiger partial charge >= 0.3 is 6.09 Å². The summed E-state index contributed by atoms with van der Waals surface area (Å²) in [5.74, 6) is -0.0564. The van der Waals surface area contributed by atoms with Gasteiger partial charge in [0.2, 0.25) is 5.91 Å². The lowest BCUT2D eigenvalue weighted by Gasteiger charge is -2.28. The monoisotopic (exact) mass is 350 g/mol. The fraction of sp³-hybridized carbons (Fsp3) is 0.667. The molecule has 6 heteroatoms. The van der Waals surface area contributed by atoms with Gasteiger partial charge in [-0.1, -0.05) is 0 Å². The second kappa shape index (κ2) is 6.39. The van der Waals surface area contributed by atoms with Crippen molar-refractivity contribution in [1.29, 1.82) is 0 Å². The quantitative estimate of drug-likeness (QED) is 0.908. The molecule has 1 aromatic rings. The molecule has 0 radical (unpaired) electrons. The molecule has 2 aliphatic rings. The standard InChI is InChI=1S/C18H26N2O3S/c1-11-5-7-13(24-11)10-19-16(21)14-9-12-6-8-15(14)20(12)17(22)23-18(2,3)4/h5,7,12,14-15H,6,8-10H2,1-4H3,(H,19,21). The van der Waals surface area contributed by atoms with Crippen LogP contribution in [0.15, 0.2) is 12.1 Å². The van der Waals surface area contributed by atoms with Crippen LogP contribution >= 0.6 is 11.3 Å². The molecular weight excluding hydrogens is 324 g/mol. The summed E-state index contributed by atoms with van der Waals surface area (Å²) < 4.78 is 5.52. The molecule has 1 aromatic heterocycles. The highest BCUT2D eigenvalue weighted by Crippen LogP contribution is 2.42. The molecule has 24 heavy (non-hydrogen) atoms. The van der Waals surface area contributed by atoms with Crippen LogP contribution in [0.4, 0.5) is 4.79 Å². The van der Waals surface area contributed by atoms with Crippen molar-refractivity contribution in [2.75, 3.05) is 0 Å². The highest BCUT2D eigenvalue weighted by Gasteiger charge is 2.52. The second-order valence-corrected chi connectivity index (χ2v) is 9.13. The van der Waals surface area contributed by atoms with E-state index in [2.05, 4.69) is 18.3 Å². The first-order valence-electron chi connectivity index (χ1n) is 8.59. The Bertz CT molecular complexity index is 634. The van der Waals surface area contributed by atoms with Crippen LogP contribution in [0.3, 0.4) is 0 Å². The summed E-state index contributed by atoms with van der Waals surface area (Å²) in [6.07, 6.45) is 2.33. The van der Waals surface area contributed by atoms with Crippen molar-refractivity contribution in [2.24, 2.45) is 5.92 Å². The Labute approximate surface area is 147 Å². The van der Waals surface area contributed by atoms with Gasteiger partial charge in [-0.3, -0.25) is 4.79 Å². The zero-order valence-corrected chi connectivity index (χ0v) is 15.6. The summed E-state index contributed by atoms with van der Waals surface area (Å²) >= 11 is 1.70. The Hall–Kier alpha value is -1.56. The predicted octanol–water partition coefficient (Wildman–Crippen LogP) is 3.46. The number of hydrogen-bond donors (Lipinski definition) is 1. The molecule has 3 unspecified atom stereocenters. The molecule has 0 saturated carbocycles. The van der Waals surface area contributed by atoms with Gasteiger partial charge < -0.3 is 15.0 Å². The van der Waals surface area contributed by atoms with Gasteiger partial charge in [0.15, 0.2) is 0 Å². The molecular formula is C18H26N2O3S. The van der Waals surface area contributed by atoms with E-state index in [-0.39, 0.29) is 30.0 Å².